The zero-order chi connectivity index (χ0) is 9.80. The molecule has 1 saturated heterocycles. The summed E-state index contributed by atoms with van der Waals surface area (Å²) < 4.78 is 5.04. The minimum Gasteiger partial charge on any atom is -0.444 e. The summed E-state index contributed by atoms with van der Waals surface area (Å²) in [6.45, 7) is 1.87. The minimum atomic E-state index is -0.250. The van der Waals surface area contributed by atoms with E-state index in [9.17, 15) is 4.79 Å². The first-order valence-corrected chi connectivity index (χ1v) is 4.52. The molecule has 74 valence electrons. The maximum Gasteiger partial charge on any atom is 0.410 e. The molecule has 0 radical (unpaired) electrons. The van der Waals surface area contributed by atoms with Gasteiger partial charge in [0.05, 0.1) is 0 Å². The van der Waals surface area contributed by atoms with Crippen molar-refractivity contribution in [2.75, 3.05) is 13.1 Å². The van der Waals surface area contributed by atoms with Crippen LogP contribution in [0.2, 0.25) is 0 Å². The van der Waals surface area contributed by atoms with E-state index in [4.69, 9.17) is 4.74 Å². The predicted octanol–water partition coefficient (Wildman–Crippen LogP) is 0.819. The first kappa shape index (κ1) is 8.93. The molecule has 2 rings (SSSR count). The highest BCUT2D eigenvalue weighted by Crippen LogP contribution is 2.08. The molecule has 0 atom stereocenters. The Hall–Kier alpha value is -1.65. The highest BCUT2D eigenvalue weighted by atomic mass is 16.6. The van der Waals surface area contributed by atoms with Crippen molar-refractivity contribution in [3.05, 3.63) is 24.3 Å². The van der Waals surface area contributed by atoms with Crippen molar-refractivity contribution < 1.29 is 9.53 Å². The van der Waals surface area contributed by atoms with E-state index >= 15 is 0 Å². The molecule has 0 unspecified atom stereocenters. The van der Waals surface area contributed by atoms with Gasteiger partial charge in [-0.3, -0.25) is 0 Å². The maximum absolute atomic E-state index is 11.3. The number of hydrogen-bond acceptors (Lipinski definition) is 4. The van der Waals surface area contributed by atoms with E-state index in [1.54, 1.807) is 17.3 Å². The summed E-state index contributed by atoms with van der Waals surface area (Å²) >= 11 is 0. The molecule has 1 aromatic rings. The number of aromatic nitrogens is 2. The molecule has 1 amide bonds. The fourth-order valence-electron chi connectivity index (χ4n) is 1.14. The summed E-state index contributed by atoms with van der Waals surface area (Å²) in [6.07, 6.45) is 5.54. The smallest absolute Gasteiger partial charge is 0.410 e. The van der Waals surface area contributed by atoms with Crippen LogP contribution in [0.4, 0.5) is 4.79 Å². The lowest BCUT2D eigenvalue weighted by atomic mass is 10.2. The number of nitrogens with zero attached hydrogens (tertiary/aromatic N) is 3. The van der Waals surface area contributed by atoms with Crippen molar-refractivity contribution in [1.82, 2.24) is 14.9 Å². The molecule has 0 saturated carbocycles. The Morgan fingerprint density at radius 2 is 2.14 bits per heavy atom. The summed E-state index contributed by atoms with van der Waals surface area (Å²) in [4.78, 5) is 20.6. The lowest BCUT2D eigenvalue weighted by Crippen LogP contribution is -2.42. The Bertz CT molecular complexity index is 311. The Kier molecular flexibility index (Phi) is 2.58. The summed E-state index contributed by atoms with van der Waals surface area (Å²) in [6, 6.07) is 0. The van der Waals surface area contributed by atoms with E-state index in [2.05, 4.69) is 9.97 Å². The lowest BCUT2D eigenvalue weighted by molar-refractivity contribution is 0.0753. The van der Waals surface area contributed by atoms with Crippen molar-refractivity contribution in [1.29, 1.82) is 0 Å². The van der Waals surface area contributed by atoms with Gasteiger partial charge in [-0.2, -0.15) is 0 Å². The topological polar surface area (TPSA) is 55.3 Å². The molecule has 2 heterocycles. The number of rotatable bonds is 2. The Labute approximate surface area is 81.7 Å². The van der Waals surface area contributed by atoms with Gasteiger partial charge >= 0.3 is 6.09 Å². The van der Waals surface area contributed by atoms with Crippen LogP contribution in [0.3, 0.4) is 0 Å². The second-order valence-electron chi connectivity index (χ2n) is 3.14. The van der Waals surface area contributed by atoms with E-state index in [1.165, 1.54) is 6.33 Å². The average molecular weight is 193 g/mol. The van der Waals surface area contributed by atoms with Crippen LogP contribution in [0.1, 0.15) is 12.0 Å². The van der Waals surface area contributed by atoms with E-state index in [0.717, 1.165) is 25.1 Å². The van der Waals surface area contributed by atoms with Crippen LogP contribution in [0.25, 0.3) is 0 Å². The number of ether oxygens (including phenoxy) is 1. The molecule has 0 N–H and O–H groups in total. The largest absolute Gasteiger partial charge is 0.444 e. The van der Waals surface area contributed by atoms with Gasteiger partial charge in [0.25, 0.3) is 0 Å². The van der Waals surface area contributed by atoms with Crippen LogP contribution in [0.15, 0.2) is 18.7 Å². The van der Waals surface area contributed by atoms with Gasteiger partial charge < -0.3 is 9.64 Å². The van der Waals surface area contributed by atoms with E-state index in [0.29, 0.717) is 0 Å². The first-order chi connectivity index (χ1) is 6.86. The normalized spacial score (nSPS) is 14.7. The molecule has 1 aliphatic rings. The number of carbonyl (C=O) groups excluding carboxylic acids is 1. The molecule has 0 aliphatic carbocycles. The van der Waals surface area contributed by atoms with Gasteiger partial charge in [-0.25, -0.2) is 14.8 Å². The van der Waals surface area contributed by atoms with E-state index in [1.807, 2.05) is 0 Å². The van der Waals surface area contributed by atoms with Crippen LogP contribution >= 0.6 is 0 Å². The highest BCUT2D eigenvalue weighted by Gasteiger charge is 2.21. The Balaban J connectivity index is 1.79. The van der Waals surface area contributed by atoms with Crippen LogP contribution in [-0.2, 0) is 11.3 Å². The summed E-state index contributed by atoms with van der Waals surface area (Å²) in [5.41, 5.74) is 0.807. The zero-order valence-electron chi connectivity index (χ0n) is 7.72. The van der Waals surface area contributed by atoms with E-state index in [-0.39, 0.29) is 12.7 Å². The lowest BCUT2D eigenvalue weighted by Gasteiger charge is -2.29. The summed E-state index contributed by atoms with van der Waals surface area (Å²) in [5, 5.41) is 0. The van der Waals surface area contributed by atoms with Gasteiger partial charge in [-0.05, 0) is 6.42 Å². The third-order valence-electron chi connectivity index (χ3n) is 2.09. The molecular formula is C9H11N3O2. The van der Waals surface area contributed by atoms with Gasteiger partial charge in [-0.15, -0.1) is 0 Å². The van der Waals surface area contributed by atoms with Crippen molar-refractivity contribution in [2.45, 2.75) is 13.0 Å². The number of hydrogen-bond donors (Lipinski definition) is 0. The monoisotopic (exact) mass is 193 g/mol. The molecule has 0 bridgehead atoms. The summed E-state index contributed by atoms with van der Waals surface area (Å²) in [7, 11) is 0. The molecule has 1 aromatic heterocycles. The minimum absolute atomic E-state index is 0.246. The third kappa shape index (κ3) is 1.99. The fourth-order valence-corrected chi connectivity index (χ4v) is 1.14. The Morgan fingerprint density at radius 3 is 2.71 bits per heavy atom. The van der Waals surface area contributed by atoms with Crippen molar-refractivity contribution >= 4 is 6.09 Å². The SMILES string of the molecule is O=C(OCc1cncnc1)N1CCC1. The van der Waals surface area contributed by atoms with Gasteiger partial charge in [-0.1, -0.05) is 0 Å². The maximum atomic E-state index is 11.3. The predicted molar refractivity (Wildman–Crippen MR) is 48.4 cm³/mol. The standard InChI is InChI=1S/C9H11N3O2/c13-9(12-2-1-3-12)14-6-8-4-10-7-11-5-8/h4-5,7H,1-3,6H2. The molecule has 1 aliphatic heterocycles. The Morgan fingerprint density at radius 1 is 1.43 bits per heavy atom. The molecular weight excluding hydrogens is 182 g/mol. The van der Waals surface area contributed by atoms with Gasteiger partial charge in [0.1, 0.15) is 12.9 Å². The fraction of sp³-hybridized carbons (Fsp3) is 0.444. The van der Waals surface area contributed by atoms with Crippen LogP contribution in [-0.4, -0.2) is 34.1 Å². The van der Waals surface area contributed by atoms with Crippen molar-refractivity contribution in [3.63, 3.8) is 0 Å². The zero-order valence-corrected chi connectivity index (χ0v) is 7.72. The molecule has 14 heavy (non-hydrogen) atoms. The second kappa shape index (κ2) is 4.04. The summed E-state index contributed by atoms with van der Waals surface area (Å²) in [5.74, 6) is 0. The number of amides is 1. The molecule has 5 nitrogen and oxygen atoms in total. The second-order valence-corrected chi connectivity index (χ2v) is 3.14. The molecule has 0 aromatic carbocycles. The molecule has 5 heteroatoms. The molecule has 0 spiro atoms. The van der Waals surface area contributed by atoms with Crippen LogP contribution in [0, 0.1) is 0 Å². The van der Waals surface area contributed by atoms with Crippen molar-refractivity contribution in [3.8, 4) is 0 Å². The van der Waals surface area contributed by atoms with Crippen LogP contribution in [0.5, 0.6) is 0 Å². The quantitative estimate of drug-likeness (QED) is 0.697. The average Bonchev–Trinajstić information content (AvgIpc) is 2.14. The molecule has 1 fully saturated rings. The van der Waals surface area contributed by atoms with E-state index < -0.39 is 0 Å². The van der Waals surface area contributed by atoms with Gasteiger partial charge in [0.2, 0.25) is 0 Å². The van der Waals surface area contributed by atoms with Gasteiger partial charge in [0, 0.05) is 31.0 Å². The number of carbonyl (C=O) groups is 1. The van der Waals surface area contributed by atoms with Crippen LogP contribution < -0.4 is 0 Å². The third-order valence-corrected chi connectivity index (χ3v) is 2.09. The first-order valence-electron chi connectivity index (χ1n) is 4.52. The number of likely N-dealkylation sites (tertiary alicyclic amines) is 1. The van der Waals surface area contributed by atoms with Crippen molar-refractivity contribution in [2.24, 2.45) is 0 Å². The van der Waals surface area contributed by atoms with Gasteiger partial charge in [0.15, 0.2) is 0 Å². The highest BCUT2D eigenvalue weighted by molar-refractivity contribution is 5.68.